The Morgan fingerprint density at radius 1 is 1.00 bits per heavy atom. The van der Waals surface area contributed by atoms with Crippen LogP contribution in [-0.2, 0) is 14.8 Å². The zero-order valence-corrected chi connectivity index (χ0v) is 21.7. The minimum Gasteiger partial charge on any atom is -0.302 e. The summed E-state index contributed by atoms with van der Waals surface area (Å²) >= 11 is 1.37. The molecule has 34 heavy (non-hydrogen) atoms. The van der Waals surface area contributed by atoms with Gasteiger partial charge in [0, 0.05) is 12.1 Å². The number of nitrogens with zero attached hydrogens (tertiary/aromatic N) is 1. The maximum Gasteiger partial charge on any atom is 0.262 e. The van der Waals surface area contributed by atoms with Crippen molar-refractivity contribution in [3.8, 4) is 10.4 Å². The van der Waals surface area contributed by atoms with E-state index in [4.69, 9.17) is 0 Å². The Morgan fingerprint density at radius 2 is 1.71 bits per heavy atom. The number of nitrogens with one attached hydrogen (secondary N) is 2. The number of amides is 1. The molecule has 4 rings (SSSR count). The molecule has 3 aromatic rings. The predicted molar refractivity (Wildman–Crippen MR) is 139 cm³/mol. The van der Waals surface area contributed by atoms with Crippen LogP contribution in [-0.4, -0.2) is 19.3 Å². The van der Waals surface area contributed by atoms with Crippen molar-refractivity contribution in [3.63, 3.8) is 0 Å². The van der Waals surface area contributed by atoms with Gasteiger partial charge < -0.3 is 5.32 Å². The first-order valence-corrected chi connectivity index (χ1v) is 13.9. The van der Waals surface area contributed by atoms with Crippen molar-refractivity contribution >= 4 is 38.1 Å². The van der Waals surface area contributed by atoms with Gasteiger partial charge in [0.25, 0.3) is 10.0 Å². The van der Waals surface area contributed by atoms with E-state index < -0.39 is 10.0 Å². The highest BCUT2D eigenvalue weighted by Gasteiger charge is 2.22. The van der Waals surface area contributed by atoms with E-state index >= 15 is 0 Å². The number of carbonyl (C=O) groups is 1. The second-order valence-electron chi connectivity index (χ2n) is 9.22. The maximum atomic E-state index is 13.2. The molecule has 1 saturated carbocycles. The molecule has 0 bridgehead atoms. The second kappa shape index (κ2) is 9.88. The molecule has 2 aromatic carbocycles. The van der Waals surface area contributed by atoms with Crippen molar-refractivity contribution in [2.24, 2.45) is 5.92 Å². The number of rotatable bonds is 7. The largest absolute Gasteiger partial charge is 0.302 e. The van der Waals surface area contributed by atoms with Gasteiger partial charge in [-0.2, -0.15) is 0 Å². The number of anilines is 2. The summed E-state index contributed by atoms with van der Waals surface area (Å²) < 4.78 is 29.1. The highest BCUT2D eigenvalue weighted by atomic mass is 32.2. The topological polar surface area (TPSA) is 88.2 Å². The predicted octanol–water partition coefficient (Wildman–Crippen LogP) is 6.36. The van der Waals surface area contributed by atoms with Gasteiger partial charge in [0.1, 0.15) is 0 Å². The first kappa shape index (κ1) is 24.4. The van der Waals surface area contributed by atoms with Gasteiger partial charge in [0.2, 0.25) is 5.91 Å². The van der Waals surface area contributed by atoms with Gasteiger partial charge in [-0.1, -0.05) is 42.4 Å². The van der Waals surface area contributed by atoms with Gasteiger partial charge >= 0.3 is 0 Å². The summed E-state index contributed by atoms with van der Waals surface area (Å²) in [6.07, 6.45) is 5.18. The third-order valence-electron chi connectivity index (χ3n) is 6.49. The molecule has 1 aliphatic rings. The lowest BCUT2D eigenvalue weighted by Crippen LogP contribution is -2.14. The zero-order chi connectivity index (χ0) is 24.5. The lowest BCUT2D eigenvalue weighted by atomic mass is 10.0. The summed E-state index contributed by atoms with van der Waals surface area (Å²) in [6, 6.07) is 10.9. The third-order valence-corrected chi connectivity index (χ3v) is 9.14. The van der Waals surface area contributed by atoms with Crippen molar-refractivity contribution in [3.05, 3.63) is 58.8 Å². The summed E-state index contributed by atoms with van der Waals surface area (Å²) in [5.41, 5.74) is 4.84. The Bertz CT molecular complexity index is 1320. The standard InChI is InChI=1S/C26H31N3O3S2/c1-16-10-12-22(13-18(16)3)29-34(31,32)23-15-21(11-9-17(23)2)25-19(4)27-26(33-25)28-24(30)14-20-7-5-6-8-20/h9-13,15,20,29H,5-8,14H2,1-4H3,(H,27,28,30). The van der Waals surface area contributed by atoms with Crippen LogP contribution < -0.4 is 10.0 Å². The van der Waals surface area contributed by atoms with Crippen molar-refractivity contribution in [1.82, 2.24) is 4.98 Å². The fourth-order valence-corrected chi connectivity index (χ4v) is 6.71. The van der Waals surface area contributed by atoms with Gasteiger partial charge in [0.15, 0.2) is 5.13 Å². The molecule has 1 aromatic heterocycles. The van der Waals surface area contributed by atoms with Crippen molar-refractivity contribution in [2.45, 2.75) is 64.7 Å². The number of thiazole rings is 1. The summed E-state index contributed by atoms with van der Waals surface area (Å²) in [6.45, 7) is 7.60. The molecule has 0 aliphatic heterocycles. The number of carbonyl (C=O) groups excluding carboxylic acids is 1. The molecule has 8 heteroatoms. The quantitative estimate of drug-likeness (QED) is 0.397. The van der Waals surface area contributed by atoms with E-state index in [2.05, 4.69) is 15.0 Å². The second-order valence-corrected chi connectivity index (χ2v) is 11.9. The minimum atomic E-state index is -3.78. The molecular weight excluding hydrogens is 466 g/mol. The minimum absolute atomic E-state index is 0.00281. The summed E-state index contributed by atoms with van der Waals surface area (Å²) in [5, 5.41) is 3.49. The van der Waals surface area contributed by atoms with Gasteiger partial charge in [-0.3, -0.25) is 9.52 Å². The molecule has 0 atom stereocenters. The highest BCUT2D eigenvalue weighted by molar-refractivity contribution is 7.92. The number of hydrogen-bond acceptors (Lipinski definition) is 5. The average molecular weight is 498 g/mol. The molecule has 0 saturated heterocycles. The van der Waals surface area contributed by atoms with E-state index in [1.54, 1.807) is 19.1 Å². The Morgan fingerprint density at radius 3 is 2.41 bits per heavy atom. The van der Waals surface area contributed by atoms with Crippen LogP contribution in [0, 0.1) is 33.6 Å². The monoisotopic (exact) mass is 497 g/mol. The van der Waals surface area contributed by atoms with Gasteiger partial charge in [-0.15, -0.1) is 0 Å². The van der Waals surface area contributed by atoms with E-state index in [9.17, 15) is 13.2 Å². The van der Waals surface area contributed by atoms with Gasteiger partial charge in [-0.25, -0.2) is 13.4 Å². The SMILES string of the molecule is Cc1ccc(NS(=O)(=O)c2cc(-c3sc(NC(=O)CC4CCCC4)nc3C)ccc2C)cc1C. The maximum absolute atomic E-state index is 13.2. The Labute approximate surface area is 205 Å². The molecule has 6 nitrogen and oxygen atoms in total. The molecule has 0 spiro atoms. The van der Waals surface area contributed by atoms with Crippen LogP contribution in [0.1, 0.15) is 54.5 Å². The molecule has 180 valence electrons. The smallest absolute Gasteiger partial charge is 0.262 e. The summed E-state index contributed by atoms with van der Waals surface area (Å²) in [7, 11) is -3.78. The van der Waals surface area contributed by atoms with Gasteiger partial charge in [-0.05, 0) is 86.9 Å². The number of aromatic nitrogens is 1. The summed E-state index contributed by atoms with van der Waals surface area (Å²) in [5.74, 6) is 0.465. The molecule has 0 radical (unpaired) electrons. The van der Waals surface area contributed by atoms with Crippen molar-refractivity contribution in [2.75, 3.05) is 10.0 Å². The van der Waals surface area contributed by atoms with Crippen LogP contribution in [0.3, 0.4) is 0 Å². The molecule has 2 N–H and O–H groups in total. The average Bonchev–Trinajstić information content (AvgIpc) is 3.40. The lowest BCUT2D eigenvalue weighted by molar-refractivity contribution is -0.117. The van der Waals surface area contributed by atoms with E-state index in [-0.39, 0.29) is 10.8 Å². The van der Waals surface area contributed by atoms with Crippen LogP contribution >= 0.6 is 11.3 Å². The lowest BCUT2D eigenvalue weighted by Gasteiger charge is -2.13. The Balaban J connectivity index is 1.56. The molecule has 1 fully saturated rings. The van der Waals surface area contributed by atoms with Crippen LogP contribution in [0.25, 0.3) is 10.4 Å². The van der Waals surface area contributed by atoms with Crippen molar-refractivity contribution < 1.29 is 13.2 Å². The summed E-state index contributed by atoms with van der Waals surface area (Å²) in [4.78, 5) is 18.0. The molecule has 1 heterocycles. The third kappa shape index (κ3) is 5.50. The van der Waals surface area contributed by atoms with Crippen LogP contribution in [0.4, 0.5) is 10.8 Å². The first-order valence-electron chi connectivity index (χ1n) is 11.6. The Hall–Kier alpha value is -2.71. The Kier molecular flexibility index (Phi) is 7.09. The highest BCUT2D eigenvalue weighted by Crippen LogP contribution is 2.35. The number of aryl methyl sites for hydroxylation is 4. The van der Waals surface area contributed by atoms with E-state index in [1.807, 2.05) is 45.0 Å². The van der Waals surface area contributed by atoms with Crippen LogP contribution in [0.5, 0.6) is 0 Å². The van der Waals surface area contributed by atoms with E-state index in [0.29, 0.717) is 28.7 Å². The normalized spacial score (nSPS) is 14.4. The van der Waals surface area contributed by atoms with Gasteiger partial charge in [0.05, 0.1) is 15.5 Å². The molecule has 0 unspecified atom stereocenters. The van der Waals surface area contributed by atoms with Crippen LogP contribution in [0.15, 0.2) is 41.3 Å². The molecule has 1 amide bonds. The molecule has 1 aliphatic carbocycles. The fourth-order valence-electron chi connectivity index (χ4n) is 4.41. The number of hydrogen-bond donors (Lipinski definition) is 2. The van der Waals surface area contributed by atoms with Crippen molar-refractivity contribution in [1.29, 1.82) is 0 Å². The number of sulfonamides is 1. The van der Waals surface area contributed by atoms with E-state index in [1.165, 1.54) is 24.2 Å². The molecular formula is C26H31N3O3S2. The fraction of sp³-hybridized carbons (Fsp3) is 0.385. The number of benzene rings is 2. The van der Waals surface area contributed by atoms with Crippen LogP contribution in [0.2, 0.25) is 0 Å². The first-order chi connectivity index (χ1) is 16.1. The van der Waals surface area contributed by atoms with E-state index in [0.717, 1.165) is 40.1 Å². The zero-order valence-electron chi connectivity index (χ0n) is 20.1.